The van der Waals surface area contributed by atoms with Gasteiger partial charge in [-0.3, -0.25) is 0 Å². The van der Waals surface area contributed by atoms with E-state index in [0.29, 0.717) is 5.69 Å². The molecule has 1 heterocycles. The van der Waals surface area contributed by atoms with Crippen LogP contribution < -0.4 is 4.74 Å². The van der Waals surface area contributed by atoms with Crippen LogP contribution in [0.5, 0.6) is 5.75 Å². The van der Waals surface area contributed by atoms with Crippen LogP contribution in [0.15, 0.2) is 36.4 Å². The zero-order valence-electron chi connectivity index (χ0n) is 17.4. The summed E-state index contributed by atoms with van der Waals surface area (Å²) in [7, 11) is 2.23. The second kappa shape index (κ2) is 8.95. The summed E-state index contributed by atoms with van der Waals surface area (Å²) in [5, 5.41) is 4.27. The molecule has 1 aromatic heterocycles. The second-order valence-electron chi connectivity index (χ2n) is 6.41. The molecule has 0 N–H and O–H groups in total. The maximum Gasteiger partial charge on any atom is 0.357 e. The quantitative estimate of drug-likeness (QED) is 0.548. The van der Waals surface area contributed by atoms with Gasteiger partial charge in [0, 0.05) is 11.1 Å². The first-order valence-corrected chi connectivity index (χ1v) is 9.32. The zero-order valence-corrected chi connectivity index (χ0v) is 17.4. The van der Waals surface area contributed by atoms with Gasteiger partial charge in [-0.05, 0) is 32.0 Å². The highest BCUT2D eigenvalue weighted by Gasteiger charge is 2.33. The predicted molar refractivity (Wildman–Crippen MR) is 108 cm³/mol. The van der Waals surface area contributed by atoms with Crippen LogP contribution in [0.1, 0.15) is 33.3 Å². The molecule has 0 saturated carbocycles. The topological polar surface area (TPSA) is 79.7 Å². The molecule has 0 fully saturated rings. The summed E-state index contributed by atoms with van der Waals surface area (Å²) < 4.78 is 45.8. The Kier molecular flexibility index (Phi) is 6.33. The number of ether oxygens (including phenoxy) is 3. The Morgan fingerprint density at radius 3 is 2.26 bits per heavy atom. The van der Waals surface area contributed by atoms with Crippen LogP contribution in [0.4, 0.5) is 8.78 Å². The van der Waals surface area contributed by atoms with Crippen LogP contribution in [0.3, 0.4) is 0 Å². The average molecular weight is 430 g/mol. The molecule has 9 heteroatoms. The van der Waals surface area contributed by atoms with E-state index < -0.39 is 23.6 Å². The zero-order chi connectivity index (χ0) is 22.7. The number of halogens is 2. The third kappa shape index (κ3) is 3.86. The highest BCUT2D eigenvalue weighted by Crippen LogP contribution is 2.36. The number of hydrogen-bond acceptors (Lipinski definition) is 6. The lowest BCUT2D eigenvalue weighted by Crippen LogP contribution is -2.15. The number of aromatic nitrogens is 2. The minimum atomic E-state index is -1.24. The molecule has 7 nitrogen and oxygen atoms in total. The summed E-state index contributed by atoms with van der Waals surface area (Å²) in [6.45, 7) is 3.28. The monoisotopic (exact) mass is 430 g/mol. The normalized spacial score (nSPS) is 10.6. The highest BCUT2D eigenvalue weighted by atomic mass is 19.2. The van der Waals surface area contributed by atoms with Gasteiger partial charge in [0.25, 0.3) is 0 Å². The van der Waals surface area contributed by atoms with E-state index in [1.807, 2.05) is 0 Å². The molecule has 0 bridgehead atoms. The van der Waals surface area contributed by atoms with Gasteiger partial charge < -0.3 is 14.2 Å². The Morgan fingerprint density at radius 2 is 1.68 bits per heavy atom. The highest BCUT2D eigenvalue weighted by molar-refractivity contribution is 6.07. The van der Waals surface area contributed by atoms with Crippen molar-refractivity contribution in [2.75, 3.05) is 20.8 Å². The third-order valence-electron chi connectivity index (χ3n) is 4.61. The first kappa shape index (κ1) is 21.9. The van der Waals surface area contributed by atoms with E-state index >= 15 is 0 Å². The minimum Gasteiger partial charge on any atom is -0.493 e. The van der Waals surface area contributed by atoms with Crippen LogP contribution in [0.25, 0.3) is 16.9 Å². The predicted octanol–water partition coefficient (Wildman–Crippen LogP) is 4.10. The maximum absolute atomic E-state index is 15.0. The van der Waals surface area contributed by atoms with Gasteiger partial charge in [-0.2, -0.15) is 5.10 Å². The molecule has 0 saturated heterocycles. The van der Waals surface area contributed by atoms with Gasteiger partial charge in [-0.15, -0.1) is 0 Å². The molecule has 0 aliphatic carbocycles. The van der Waals surface area contributed by atoms with Crippen molar-refractivity contribution in [2.24, 2.45) is 0 Å². The Balaban J connectivity index is 2.42. The fourth-order valence-corrected chi connectivity index (χ4v) is 3.11. The molecule has 3 aromatic rings. The van der Waals surface area contributed by atoms with Gasteiger partial charge in [-0.1, -0.05) is 18.2 Å². The van der Waals surface area contributed by atoms with Crippen LogP contribution in [0.2, 0.25) is 0 Å². The molecule has 3 rings (SSSR count). The second-order valence-corrected chi connectivity index (χ2v) is 6.41. The number of esters is 2. The van der Waals surface area contributed by atoms with E-state index in [-0.39, 0.29) is 40.4 Å². The summed E-state index contributed by atoms with van der Waals surface area (Å²) in [5.74, 6) is -4.16. The Labute approximate surface area is 177 Å². The van der Waals surface area contributed by atoms with E-state index in [2.05, 4.69) is 5.10 Å². The van der Waals surface area contributed by atoms with Crippen molar-refractivity contribution in [2.45, 2.75) is 13.8 Å². The van der Waals surface area contributed by atoms with Gasteiger partial charge in [-0.25, -0.2) is 23.1 Å². The lowest BCUT2D eigenvalue weighted by molar-refractivity contribution is 0.0549. The Bertz CT molecular complexity index is 1140. The van der Waals surface area contributed by atoms with E-state index in [4.69, 9.17) is 14.2 Å². The van der Waals surface area contributed by atoms with Crippen molar-refractivity contribution in [3.05, 3.63) is 64.9 Å². The lowest BCUT2D eigenvalue weighted by Gasteiger charge is -2.12. The lowest BCUT2D eigenvalue weighted by atomic mass is 10.0. The van der Waals surface area contributed by atoms with Crippen molar-refractivity contribution in [3.63, 3.8) is 0 Å². The number of benzene rings is 2. The van der Waals surface area contributed by atoms with Crippen molar-refractivity contribution >= 4 is 11.9 Å². The number of carbonyl (C=O) groups is 2. The van der Waals surface area contributed by atoms with Gasteiger partial charge in [0.05, 0.1) is 26.5 Å². The molecular weight excluding hydrogens is 410 g/mol. The Morgan fingerprint density at radius 1 is 1.03 bits per heavy atom. The number of rotatable bonds is 6. The summed E-state index contributed by atoms with van der Waals surface area (Å²) >= 11 is 0. The molecule has 162 valence electrons. The smallest absolute Gasteiger partial charge is 0.357 e. The summed E-state index contributed by atoms with van der Waals surface area (Å²) in [6, 6.07) is 9.62. The van der Waals surface area contributed by atoms with Gasteiger partial charge in [0.2, 0.25) is 0 Å². The van der Waals surface area contributed by atoms with Gasteiger partial charge in [0.1, 0.15) is 17.0 Å². The molecule has 0 atom stereocenters. The first-order chi connectivity index (χ1) is 14.8. The van der Waals surface area contributed by atoms with E-state index in [9.17, 15) is 18.4 Å². The molecule has 2 aromatic carbocycles. The molecule has 0 aliphatic heterocycles. The van der Waals surface area contributed by atoms with E-state index in [1.165, 1.54) is 13.0 Å². The number of hydrogen-bond donors (Lipinski definition) is 0. The maximum atomic E-state index is 15.0. The number of carbonyl (C=O) groups excluding carboxylic acids is 2. The van der Waals surface area contributed by atoms with Crippen LogP contribution in [-0.4, -0.2) is 42.5 Å². The molecule has 0 spiro atoms. The molecule has 0 amide bonds. The summed E-state index contributed by atoms with van der Waals surface area (Å²) in [4.78, 5) is 25.2. The minimum absolute atomic E-state index is 0.0293. The number of methoxy groups -OCH3 is 2. The SMILES string of the molecule is CCOc1cc(-c2nn(-c3ccccc3)c(C(=O)OC)c2C(=O)OC)c(F)c(F)c1C. The summed E-state index contributed by atoms with van der Waals surface area (Å²) in [5.41, 5.74) is -0.910. The van der Waals surface area contributed by atoms with Gasteiger partial charge in [0.15, 0.2) is 17.3 Å². The molecule has 0 aliphatic rings. The van der Waals surface area contributed by atoms with Crippen molar-refractivity contribution < 1.29 is 32.6 Å². The van der Waals surface area contributed by atoms with Gasteiger partial charge >= 0.3 is 11.9 Å². The largest absolute Gasteiger partial charge is 0.493 e. The molecule has 31 heavy (non-hydrogen) atoms. The van der Waals surface area contributed by atoms with E-state index in [0.717, 1.165) is 18.9 Å². The van der Waals surface area contributed by atoms with Crippen molar-refractivity contribution in [1.29, 1.82) is 0 Å². The Hall–Kier alpha value is -3.75. The molecule has 0 radical (unpaired) electrons. The van der Waals surface area contributed by atoms with E-state index in [1.54, 1.807) is 37.3 Å². The van der Waals surface area contributed by atoms with Crippen molar-refractivity contribution in [1.82, 2.24) is 9.78 Å². The average Bonchev–Trinajstić information content (AvgIpc) is 3.19. The number of nitrogens with zero attached hydrogens (tertiary/aromatic N) is 2. The first-order valence-electron chi connectivity index (χ1n) is 9.32. The fraction of sp³-hybridized carbons (Fsp3) is 0.227. The molecule has 0 unspecified atom stereocenters. The fourth-order valence-electron chi connectivity index (χ4n) is 3.11. The van der Waals surface area contributed by atoms with Crippen LogP contribution >= 0.6 is 0 Å². The summed E-state index contributed by atoms with van der Waals surface area (Å²) in [6.07, 6.45) is 0. The standard InChI is InChI=1S/C22H20F2N2O5/c1-5-31-15-11-14(18(24)17(23)12(15)2)19-16(21(27)29-3)20(22(28)30-4)26(25-19)13-9-7-6-8-10-13/h6-11H,5H2,1-4H3. The van der Waals surface area contributed by atoms with Crippen LogP contribution in [0, 0.1) is 18.6 Å². The third-order valence-corrected chi connectivity index (χ3v) is 4.61. The van der Waals surface area contributed by atoms with Crippen molar-refractivity contribution in [3.8, 4) is 22.7 Å². The van der Waals surface area contributed by atoms with Crippen LogP contribution in [-0.2, 0) is 9.47 Å². The number of para-hydroxylation sites is 1. The molecular formula is C22H20F2N2O5.